The summed E-state index contributed by atoms with van der Waals surface area (Å²) in [5.74, 6) is 0.0275. The maximum absolute atomic E-state index is 10.6. The van der Waals surface area contributed by atoms with Crippen LogP contribution >= 0.6 is 0 Å². The topological polar surface area (TPSA) is 67.8 Å². The number of para-hydroxylation sites is 1. The van der Waals surface area contributed by atoms with Crippen LogP contribution in [0.4, 0.5) is 0 Å². The van der Waals surface area contributed by atoms with Crippen LogP contribution in [0, 0.1) is 0 Å². The normalized spacial score (nSPS) is 11.9. The number of methoxy groups -OCH3 is 1. The number of carboxylic acid groups (broad SMARTS) is 1. The lowest BCUT2D eigenvalue weighted by Gasteiger charge is -2.16. The Morgan fingerprint density at radius 2 is 2.21 bits per heavy atom. The highest BCUT2D eigenvalue weighted by atomic mass is 16.5. The predicted molar refractivity (Wildman–Crippen MR) is 72.7 cm³/mol. The first-order valence-electron chi connectivity index (χ1n) is 6.32. The second-order valence-electron chi connectivity index (χ2n) is 4.32. The molecule has 0 saturated carbocycles. The molecule has 5 heteroatoms. The zero-order chi connectivity index (χ0) is 14.3. The molecule has 1 aromatic rings. The number of carboxylic acids is 1. The fraction of sp³-hybridized carbons (Fsp3) is 0.500. The van der Waals surface area contributed by atoms with E-state index < -0.39 is 5.97 Å². The van der Waals surface area contributed by atoms with Crippen molar-refractivity contribution in [3.8, 4) is 11.5 Å². The molecule has 19 heavy (non-hydrogen) atoms. The molecule has 0 aromatic heterocycles. The van der Waals surface area contributed by atoms with Gasteiger partial charge in [-0.1, -0.05) is 19.1 Å². The Hall–Kier alpha value is -1.75. The van der Waals surface area contributed by atoms with Gasteiger partial charge in [-0.15, -0.1) is 0 Å². The third kappa shape index (κ3) is 4.79. The molecule has 2 N–H and O–H groups in total. The summed E-state index contributed by atoms with van der Waals surface area (Å²) < 4.78 is 10.5. The van der Waals surface area contributed by atoms with E-state index >= 15 is 0 Å². The fourth-order valence-corrected chi connectivity index (χ4v) is 1.59. The molecular formula is C14H21NO4. The van der Waals surface area contributed by atoms with Gasteiger partial charge in [0, 0.05) is 18.2 Å². The molecule has 5 nitrogen and oxygen atoms in total. The van der Waals surface area contributed by atoms with Gasteiger partial charge >= 0.3 is 5.97 Å². The average Bonchev–Trinajstić information content (AvgIpc) is 2.42. The van der Waals surface area contributed by atoms with E-state index in [1.807, 2.05) is 12.1 Å². The van der Waals surface area contributed by atoms with E-state index in [-0.39, 0.29) is 6.61 Å². The van der Waals surface area contributed by atoms with E-state index in [1.165, 1.54) is 7.11 Å². The molecule has 0 fully saturated rings. The standard InChI is InChI=1S/C14H21NO4/c1-4-10(2)15-8-11-6-5-7-12(18-3)14(11)19-9-13(16)17/h5-7,10,15H,4,8-9H2,1-3H3,(H,16,17)/t10-/m1/s1. The summed E-state index contributed by atoms with van der Waals surface area (Å²) in [6.07, 6.45) is 1.02. The molecule has 1 atom stereocenters. The van der Waals surface area contributed by atoms with Gasteiger partial charge in [0.1, 0.15) is 0 Å². The Labute approximate surface area is 113 Å². The van der Waals surface area contributed by atoms with Crippen molar-refractivity contribution in [1.29, 1.82) is 0 Å². The smallest absolute Gasteiger partial charge is 0.341 e. The quantitative estimate of drug-likeness (QED) is 0.754. The number of rotatable bonds is 8. The van der Waals surface area contributed by atoms with Gasteiger partial charge in [0.2, 0.25) is 0 Å². The van der Waals surface area contributed by atoms with Crippen LogP contribution in [0.15, 0.2) is 18.2 Å². The number of benzene rings is 1. The third-order valence-electron chi connectivity index (χ3n) is 2.87. The van der Waals surface area contributed by atoms with Crippen LogP contribution in [0.1, 0.15) is 25.8 Å². The van der Waals surface area contributed by atoms with Crippen LogP contribution in [0.5, 0.6) is 11.5 Å². The Kier molecular flexibility index (Phi) is 6.15. The molecule has 0 aliphatic rings. The Bertz CT molecular complexity index is 420. The highest BCUT2D eigenvalue weighted by molar-refractivity contribution is 5.68. The minimum absolute atomic E-state index is 0.378. The van der Waals surface area contributed by atoms with Gasteiger partial charge in [0.05, 0.1) is 7.11 Å². The maximum Gasteiger partial charge on any atom is 0.341 e. The second kappa shape index (κ2) is 7.63. The van der Waals surface area contributed by atoms with E-state index in [1.54, 1.807) is 6.07 Å². The molecule has 0 amide bonds. The van der Waals surface area contributed by atoms with Crippen molar-refractivity contribution < 1.29 is 19.4 Å². The lowest BCUT2D eigenvalue weighted by Crippen LogP contribution is -2.25. The van der Waals surface area contributed by atoms with Crippen molar-refractivity contribution in [2.24, 2.45) is 0 Å². The van der Waals surface area contributed by atoms with Gasteiger partial charge in [-0.3, -0.25) is 0 Å². The molecule has 1 rings (SSSR count). The van der Waals surface area contributed by atoms with Crippen LogP contribution < -0.4 is 14.8 Å². The van der Waals surface area contributed by atoms with Crippen LogP contribution in [0.2, 0.25) is 0 Å². The van der Waals surface area contributed by atoms with Crippen molar-refractivity contribution >= 4 is 5.97 Å². The molecular weight excluding hydrogens is 246 g/mol. The van der Waals surface area contributed by atoms with Gasteiger partial charge in [0.25, 0.3) is 0 Å². The van der Waals surface area contributed by atoms with Gasteiger partial charge in [-0.25, -0.2) is 4.79 Å². The van der Waals surface area contributed by atoms with Crippen molar-refractivity contribution in [2.75, 3.05) is 13.7 Å². The van der Waals surface area contributed by atoms with Crippen molar-refractivity contribution in [2.45, 2.75) is 32.9 Å². The summed E-state index contributed by atoms with van der Waals surface area (Å²) in [4.78, 5) is 10.6. The zero-order valence-electron chi connectivity index (χ0n) is 11.6. The molecule has 0 radical (unpaired) electrons. The maximum atomic E-state index is 10.6. The first kappa shape index (κ1) is 15.3. The molecule has 0 unspecified atom stereocenters. The van der Waals surface area contributed by atoms with Gasteiger partial charge in [-0.2, -0.15) is 0 Å². The average molecular weight is 267 g/mol. The van der Waals surface area contributed by atoms with Crippen LogP contribution in [-0.2, 0) is 11.3 Å². The molecule has 0 saturated heterocycles. The van der Waals surface area contributed by atoms with Gasteiger partial charge in [-0.05, 0) is 19.4 Å². The number of nitrogens with one attached hydrogen (secondary N) is 1. The van der Waals surface area contributed by atoms with Crippen LogP contribution in [0.3, 0.4) is 0 Å². The fourth-order valence-electron chi connectivity index (χ4n) is 1.59. The summed E-state index contributed by atoms with van der Waals surface area (Å²) in [6, 6.07) is 5.90. The van der Waals surface area contributed by atoms with Crippen molar-refractivity contribution in [3.63, 3.8) is 0 Å². The van der Waals surface area contributed by atoms with E-state index in [0.717, 1.165) is 12.0 Å². The first-order chi connectivity index (χ1) is 9.08. The first-order valence-corrected chi connectivity index (χ1v) is 6.32. The summed E-state index contributed by atoms with van der Waals surface area (Å²) in [5.41, 5.74) is 0.890. The lowest BCUT2D eigenvalue weighted by molar-refractivity contribution is -0.139. The highest BCUT2D eigenvalue weighted by Gasteiger charge is 2.12. The highest BCUT2D eigenvalue weighted by Crippen LogP contribution is 2.31. The molecule has 0 heterocycles. The monoisotopic (exact) mass is 267 g/mol. The summed E-state index contributed by atoms with van der Waals surface area (Å²) in [6.45, 7) is 4.43. The largest absolute Gasteiger partial charge is 0.493 e. The summed E-state index contributed by atoms with van der Waals surface area (Å²) in [5, 5.41) is 12.0. The Balaban J connectivity index is 2.85. The van der Waals surface area contributed by atoms with Crippen molar-refractivity contribution in [1.82, 2.24) is 5.32 Å². The molecule has 0 spiro atoms. The SMILES string of the molecule is CC[C@@H](C)NCc1cccc(OC)c1OCC(=O)O. The summed E-state index contributed by atoms with van der Waals surface area (Å²) >= 11 is 0. The minimum atomic E-state index is -1.01. The van der Waals surface area contributed by atoms with Crippen LogP contribution in [-0.4, -0.2) is 30.8 Å². The minimum Gasteiger partial charge on any atom is -0.493 e. The number of hydrogen-bond acceptors (Lipinski definition) is 4. The number of ether oxygens (including phenoxy) is 2. The van der Waals surface area contributed by atoms with Gasteiger partial charge in [0.15, 0.2) is 18.1 Å². The Morgan fingerprint density at radius 3 is 2.79 bits per heavy atom. The second-order valence-corrected chi connectivity index (χ2v) is 4.32. The Morgan fingerprint density at radius 1 is 1.47 bits per heavy atom. The van der Waals surface area contributed by atoms with E-state index in [0.29, 0.717) is 24.1 Å². The predicted octanol–water partition coefficient (Wildman–Crippen LogP) is 2.05. The summed E-state index contributed by atoms with van der Waals surface area (Å²) in [7, 11) is 1.54. The van der Waals surface area contributed by atoms with Crippen LogP contribution in [0.25, 0.3) is 0 Å². The molecule has 1 aromatic carbocycles. The number of aliphatic carboxylic acids is 1. The molecule has 0 aliphatic carbocycles. The van der Waals surface area contributed by atoms with E-state index in [2.05, 4.69) is 19.2 Å². The third-order valence-corrected chi connectivity index (χ3v) is 2.87. The zero-order valence-corrected chi connectivity index (χ0v) is 11.6. The number of carbonyl (C=O) groups is 1. The van der Waals surface area contributed by atoms with Gasteiger partial charge < -0.3 is 19.9 Å². The lowest BCUT2D eigenvalue weighted by atomic mass is 10.1. The van der Waals surface area contributed by atoms with E-state index in [9.17, 15) is 4.79 Å². The number of hydrogen-bond donors (Lipinski definition) is 2. The van der Waals surface area contributed by atoms with Crippen molar-refractivity contribution in [3.05, 3.63) is 23.8 Å². The van der Waals surface area contributed by atoms with E-state index in [4.69, 9.17) is 14.6 Å². The molecule has 0 aliphatic heterocycles. The molecule has 0 bridgehead atoms. The molecule has 106 valence electrons.